The Labute approximate surface area is 98.3 Å². The van der Waals surface area contributed by atoms with E-state index in [4.69, 9.17) is 16.7 Å². The zero-order valence-electron chi connectivity index (χ0n) is 8.69. The quantitative estimate of drug-likeness (QED) is 0.888. The summed E-state index contributed by atoms with van der Waals surface area (Å²) >= 11 is 6.08. The molecule has 2 aromatic rings. The van der Waals surface area contributed by atoms with Crippen LogP contribution in [-0.2, 0) is 11.3 Å². The van der Waals surface area contributed by atoms with Crippen molar-refractivity contribution in [1.29, 1.82) is 0 Å². The van der Waals surface area contributed by atoms with Crippen molar-refractivity contribution in [2.75, 3.05) is 0 Å². The van der Waals surface area contributed by atoms with E-state index in [-0.39, 0.29) is 6.42 Å². The van der Waals surface area contributed by atoms with Gasteiger partial charge in [0.2, 0.25) is 0 Å². The molecule has 0 aliphatic heterocycles. The van der Waals surface area contributed by atoms with E-state index in [1.54, 1.807) is 0 Å². The number of para-hydroxylation sites is 1. The fourth-order valence-corrected chi connectivity index (χ4v) is 2.07. The van der Waals surface area contributed by atoms with Gasteiger partial charge < -0.3 is 9.67 Å². The molecular formula is C12H12ClNO2. The molecule has 0 bridgehead atoms. The lowest BCUT2D eigenvalue weighted by atomic mass is 10.2. The first-order chi connectivity index (χ1) is 7.68. The summed E-state index contributed by atoms with van der Waals surface area (Å²) in [6, 6.07) is 7.84. The van der Waals surface area contributed by atoms with Crippen molar-refractivity contribution < 1.29 is 9.90 Å². The lowest BCUT2D eigenvalue weighted by molar-refractivity contribution is -0.137. The molecule has 0 aliphatic carbocycles. The Hall–Kier alpha value is -1.48. The molecule has 84 valence electrons. The van der Waals surface area contributed by atoms with Crippen LogP contribution in [0.1, 0.15) is 12.8 Å². The average Bonchev–Trinajstić information content (AvgIpc) is 2.57. The van der Waals surface area contributed by atoms with Gasteiger partial charge in [-0.3, -0.25) is 4.79 Å². The summed E-state index contributed by atoms with van der Waals surface area (Å²) in [6.45, 7) is 0.680. The Kier molecular flexibility index (Phi) is 3.15. The highest BCUT2D eigenvalue weighted by Crippen LogP contribution is 2.25. The van der Waals surface area contributed by atoms with Gasteiger partial charge in [0.25, 0.3) is 0 Å². The van der Waals surface area contributed by atoms with E-state index >= 15 is 0 Å². The van der Waals surface area contributed by atoms with Gasteiger partial charge in [0.15, 0.2) is 0 Å². The number of fused-ring (bicyclic) bond motifs is 1. The second-order valence-electron chi connectivity index (χ2n) is 3.68. The maximum atomic E-state index is 10.4. The van der Waals surface area contributed by atoms with E-state index < -0.39 is 5.97 Å². The van der Waals surface area contributed by atoms with E-state index in [0.29, 0.717) is 18.0 Å². The molecule has 0 amide bonds. The molecule has 2 rings (SSSR count). The van der Waals surface area contributed by atoms with E-state index in [9.17, 15) is 4.79 Å². The molecule has 3 nitrogen and oxygen atoms in total. The number of aromatic nitrogens is 1. The molecule has 0 radical (unpaired) electrons. The molecule has 1 aromatic carbocycles. The van der Waals surface area contributed by atoms with Gasteiger partial charge in [-0.1, -0.05) is 29.8 Å². The molecule has 16 heavy (non-hydrogen) atoms. The Morgan fingerprint density at radius 2 is 2.12 bits per heavy atom. The number of aryl methyl sites for hydroxylation is 1. The summed E-state index contributed by atoms with van der Waals surface area (Å²) in [5, 5.41) is 10.3. The average molecular weight is 238 g/mol. The van der Waals surface area contributed by atoms with Crippen LogP contribution in [0.15, 0.2) is 30.5 Å². The number of hydrogen-bond donors (Lipinski definition) is 1. The van der Waals surface area contributed by atoms with E-state index in [0.717, 1.165) is 10.9 Å². The van der Waals surface area contributed by atoms with E-state index in [2.05, 4.69) is 0 Å². The summed E-state index contributed by atoms with van der Waals surface area (Å²) in [4.78, 5) is 10.4. The third-order valence-corrected chi connectivity index (χ3v) is 2.83. The first-order valence-electron chi connectivity index (χ1n) is 5.13. The van der Waals surface area contributed by atoms with Crippen molar-refractivity contribution in [3.05, 3.63) is 35.5 Å². The van der Waals surface area contributed by atoms with Gasteiger partial charge in [-0.2, -0.15) is 0 Å². The minimum atomic E-state index is -0.762. The van der Waals surface area contributed by atoms with Crippen LogP contribution >= 0.6 is 11.6 Å². The molecule has 0 aliphatic rings. The van der Waals surface area contributed by atoms with Gasteiger partial charge in [0.1, 0.15) is 0 Å². The van der Waals surface area contributed by atoms with Crippen LogP contribution in [-0.4, -0.2) is 15.6 Å². The summed E-state index contributed by atoms with van der Waals surface area (Å²) < 4.78 is 2.00. The van der Waals surface area contributed by atoms with Crippen LogP contribution < -0.4 is 0 Å². The van der Waals surface area contributed by atoms with E-state index in [1.165, 1.54) is 0 Å². The highest BCUT2D eigenvalue weighted by molar-refractivity contribution is 6.35. The van der Waals surface area contributed by atoms with Crippen molar-refractivity contribution >= 4 is 28.5 Å². The Bertz CT molecular complexity index is 519. The third kappa shape index (κ3) is 2.19. The Morgan fingerprint density at radius 3 is 2.88 bits per heavy atom. The molecule has 0 spiro atoms. The molecule has 0 unspecified atom stereocenters. The summed E-state index contributed by atoms with van der Waals surface area (Å²) in [7, 11) is 0. The normalized spacial score (nSPS) is 10.8. The first kappa shape index (κ1) is 11.0. The molecule has 1 aromatic heterocycles. The Balaban J connectivity index is 2.21. The number of carboxylic acids is 1. The van der Waals surface area contributed by atoms with Gasteiger partial charge in [-0.25, -0.2) is 0 Å². The number of aliphatic carboxylic acids is 1. The zero-order chi connectivity index (χ0) is 11.5. The monoisotopic (exact) mass is 237 g/mol. The van der Waals surface area contributed by atoms with Crippen molar-refractivity contribution in [3.8, 4) is 0 Å². The highest BCUT2D eigenvalue weighted by Gasteiger charge is 2.06. The standard InChI is InChI=1S/C12H12ClNO2/c13-10-8-14(7-3-6-12(15)16)11-5-2-1-4-9(10)11/h1-2,4-5,8H,3,6-7H2,(H,15,16). The topological polar surface area (TPSA) is 42.2 Å². The second kappa shape index (κ2) is 4.58. The van der Waals surface area contributed by atoms with Crippen molar-refractivity contribution in [3.63, 3.8) is 0 Å². The number of rotatable bonds is 4. The minimum absolute atomic E-state index is 0.185. The maximum absolute atomic E-state index is 10.4. The zero-order valence-corrected chi connectivity index (χ0v) is 9.44. The fourth-order valence-electron chi connectivity index (χ4n) is 1.79. The van der Waals surface area contributed by atoms with Crippen LogP contribution in [0.5, 0.6) is 0 Å². The van der Waals surface area contributed by atoms with Crippen molar-refractivity contribution in [2.24, 2.45) is 0 Å². The lowest BCUT2D eigenvalue weighted by Crippen LogP contribution is -2.00. The largest absolute Gasteiger partial charge is 0.481 e. The van der Waals surface area contributed by atoms with Crippen LogP contribution in [0.2, 0.25) is 5.02 Å². The predicted molar refractivity (Wildman–Crippen MR) is 63.8 cm³/mol. The molecule has 0 fully saturated rings. The lowest BCUT2D eigenvalue weighted by Gasteiger charge is -2.03. The summed E-state index contributed by atoms with van der Waals surface area (Å²) in [5.41, 5.74) is 1.05. The van der Waals surface area contributed by atoms with Gasteiger partial charge in [-0.15, -0.1) is 0 Å². The number of carbonyl (C=O) groups is 1. The van der Waals surface area contributed by atoms with Crippen LogP contribution in [0.4, 0.5) is 0 Å². The van der Waals surface area contributed by atoms with Gasteiger partial charge in [-0.05, 0) is 12.5 Å². The molecular weight excluding hydrogens is 226 g/mol. The molecule has 0 saturated heterocycles. The van der Waals surface area contributed by atoms with Crippen molar-refractivity contribution in [2.45, 2.75) is 19.4 Å². The van der Waals surface area contributed by atoms with E-state index in [1.807, 2.05) is 35.0 Å². The van der Waals surface area contributed by atoms with Crippen molar-refractivity contribution in [1.82, 2.24) is 4.57 Å². The SMILES string of the molecule is O=C(O)CCCn1cc(Cl)c2ccccc21. The maximum Gasteiger partial charge on any atom is 0.303 e. The molecule has 0 atom stereocenters. The first-order valence-corrected chi connectivity index (χ1v) is 5.51. The minimum Gasteiger partial charge on any atom is -0.481 e. The number of halogens is 1. The van der Waals surface area contributed by atoms with Crippen LogP contribution in [0, 0.1) is 0 Å². The predicted octanol–water partition coefficient (Wildman–Crippen LogP) is 3.16. The number of nitrogens with zero attached hydrogens (tertiary/aromatic N) is 1. The fraction of sp³-hybridized carbons (Fsp3) is 0.250. The highest BCUT2D eigenvalue weighted by atomic mass is 35.5. The summed E-state index contributed by atoms with van der Waals surface area (Å²) in [6.07, 6.45) is 2.66. The molecule has 1 heterocycles. The summed E-state index contributed by atoms with van der Waals surface area (Å²) in [5.74, 6) is -0.762. The van der Waals surface area contributed by atoms with Gasteiger partial charge in [0.05, 0.1) is 5.02 Å². The molecule has 1 N–H and O–H groups in total. The van der Waals surface area contributed by atoms with Gasteiger partial charge in [0, 0.05) is 30.1 Å². The third-order valence-electron chi connectivity index (χ3n) is 2.53. The number of carboxylic acid groups (broad SMARTS) is 1. The Morgan fingerprint density at radius 1 is 1.38 bits per heavy atom. The number of benzene rings is 1. The van der Waals surface area contributed by atoms with Crippen LogP contribution in [0.3, 0.4) is 0 Å². The van der Waals surface area contributed by atoms with Gasteiger partial charge >= 0.3 is 5.97 Å². The smallest absolute Gasteiger partial charge is 0.303 e. The molecule has 0 saturated carbocycles. The van der Waals surface area contributed by atoms with Crippen LogP contribution in [0.25, 0.3) is 10.9 Å². The molecule has 4 heteroatoms. The second-order valence-corrected chi connectivity index (χ2v) is 4.09. The number of hydrogen-bond acceptors (Lipinski definition) is 1.